The van der Waals surface area contributed by atoms with Crippen molar-refractivity contribution in [3.63, 3.8) is 0 Å². The minimum absolute atomic E-state index is 0.0607. The molecule has 1 aromatic heterocycles. The molecule has 36 heavy (non-hydrogen) atoms. The maximum absolute atomic E-state index is 13.3. The molecule has 184 valence electrons. The van der Waals surface area contributed by atoms with Gasteiger partial charge in [0.05, 0.1) is 29.8 Å². The largest absolute Gasteiger partial charge is 0.493 e. The van der Waals surface area contributed by atoms with Crippen LogP contribution in [-0.2, 0) is 11.0 Å². The van der Waals surface area contributed by atoms with E-state index >= 15 is 0 Å². The molecule has 8 nitrogen and oxygen atoms in total. The van der Waals surface area contributed by atoms with Gasteiger partial charge in [0.15, 0.2) is 23.9 Å². The second kappa shape index (κ2) is 9.90. The molecule has 3 aromatic carbocycles. The van der Waals surface area contributed by atoms with Crippen LogP contribution in [0.1, 0.15) is 11.1 Å². The van der Waals surface area contributed by atoms with Crippen LogP contribution in [-0.4, -0.2) is 35.5 Å². The number of benzene rings is 3. The first-order chi connectivity index (χ1) is 17.2. The van der Waals surface area contributed by atoms with Gasteiger partial charge in [0.1, 0.15) is 0 Å². The Morgan fingerprint density at radius 1 is 1.08 bits per heavy atom. The average molecular weight is 496 g/mol. The van der Waals surface area contributed by atoms with Gasteiger partial charge in [0.2, 0.25) is 0 Å². The van der Waals surface area contributed by atoms with Gasteiger partial charge in [0.25, 0.3) is 11.5 Å². The molecule has 4 aromatic rings. The number of para-hydroxylation sites is 1. The number of methoxy groups -OCH3 is 1. The smallest absolute Gasteiger partial charge is 0.416 e. The monoisotopic (exact) mass is 496 g/mol. The van der Waals surface area contributed by atoms with Crippen LogP contribution >= 0.6 is 0 Å². The molecular formula is C25H19F3N4O4. The molecule has 0 saturated heterocycles. The SMILES string of the molecule is COc1cc(C=Nn2c(-c3cccc(C(F)(F)F)c3)nc3ccccc3c2=O)ccc1OCC(N)=O. The molecule has 2 N–H and O–H groups in total. The van der Waals surface area contributed by atoms with Gasteiger partial charge in [0, 0.05) is 5.56 Å². The maximum Gasteiger partial charge on any atom is 0.416 e. The van der Waals surface area contributed by atoms with E-state index in [1.54, 1.807) is 36.4 Å². The first-order valence-electron chi connectivity index (χ1n) is 10.5. The summed E-state index contributed by atoms with van der Waals surface area (Å²) in [7, 11) is 1.40. The highest BCUT2D eigenvalue weighted by Crippen LogP contribution is 2.32. The van der Waals surface area contributed by atoms with Crippen molar-refractivity contribution in [1.29, 1.82) is 0 Å². The fourth-order valence-corrected chi connectivity index (χ4v) is 3.41. The Morgan fingerprint density at radius 3 is 2.58 bits per heavy atom. The third-order valence-corrected chi connectivity index (χ3v) is 5.08. The number of aromatic nitrogens is 2. The number of halogens is 3. The van der Waals surface area contributed by atoms with Gasteiger partial charge in [-0.2, -0.15) is 22.9 Å². The standard InChI is InChI=1S/C25H19F3N4O4/c1-35-21-11-15(9-10-20(21)36-14-22(29)33)13-30-32-23(16-5-4-6-17(12-16)25(26,27)28)31-19-8-3-2-7-18(19)24(32)34/h2-13H,14H2,1H3,(H2,29,33). The zero-order valence-corrected chi connectivity index (χ0v) is 18.8. The van der Waals surface area contributed by atoms with Crippen molar-refractivity contribution in [3.8, 4) is 22.9 Å². The highest BCUT2D eigenvalue weighted by molar-refractivity contribution is 5.83. The highest BCUT2D eigenvalue weighted by Gasteiger charge is 2.31. The number of amides is 1. The normalized spacial score (nSPS) is 11.7. The van der Waals surface area contributed by atoms with E-state index in [1.807, 2.05) is 0 Å². The average Bonchev–Trinajstić information content (AvgIpc) is 2.86. The number of ether oxygens (including phenoxy) is 2. The van der Waals surface area contributed by atoms with E-state index < -0.39 is 23.2 Å². The van der Waals surface area contributed by atoms with Crippen LogP contribution in [0.25, 0.3) is 22.3 Å². The Balaban J connectivity index is 1.82. The van der Waals surface area contributed by atoms with Crippen LogP contribution in [0.2, 0.25) is 0 Å². The second-order valence-electron chi connectivity index (χ2n) is 7.56. The molecule has 11 heteroatoms. The van der Waals surface area contributed by atoms with Crippen molar-refractivity contribution < 1.29 is 27.4 Å². The molecule has 0 saturated carbocycles. The summed E-state index contributed by atoms with van der Waals surface area (Å²) in [5.41, 5.74) is 4.52. The summed E-state index contributed by atoms with van der Waals surface area (Å²) in [6, 6.07) is 15.6. The molecule has 0 radical (unpaired) electrons. The number of hydrogen-bond donors (Lipinski definition) is 1. The van der Waals surface area contributed by atoms with E-state index in [0.717, 1.165) is 16.8 Å². The van der Waals surface area contributed by atoms with E-state index in [9.17, 15) is 22.8 Å². The molecule has 0 fully saturated rings. The van der Waals surface area contributed by atoms with Crippen molar-refractivity contribution >= 4 is 23.0 Å². The summed E-state index contributed by atoms with van der Waals surface area (Å²) < 4.78 is 51.5. The minimum atomic E-state index is -4.57. The van der Waals surface area contributed by atoms with Crippen LogP contribution in [0.15, 0.2) is 76.6 Å². The molecule has 0 bridgehead atoms. The van der Waals surface area contributed by atoms with Crippen LogP contribution in [0.4, 0.5) is 13.2 Å². The second-order valence-corrected chi connectivity index (χ2v) is 7.56. The van der Waals surface area contributed by atoms with Gasteiger partial charge in [-0.1, -0.05) is 24.3 Å². The predicted octanol–water partition coefficient (Wildman–Crippen LogP) is 3.84. The van der Waals surface area contributed by atoms with Gasteiger partial charge < -0.3 is 15.2 Å². The summed E-state index contributed by atoms with van der Waals surface area (Å²) in [5, 5.41) is 4.49. The molecule has 0 spiro atoms. The number of nitrogens with two attached hydrogens (primary N) is 1. The Bertz CT molecular complexity index is 1530. The lowest BCUT2D eigenvalue weighted by atomic mass is 10.1. The van der Waals surface area contributed by atoms with E-state index in [-0.39, 0.29) is 34.9 Å². The molecule has 4 rings (SSSR count). The highest BCUT2D eigenvalue weighted by atomic mass is 19.4. The number of alkyl halides is 3. The van der Waals surface area contributed by atoms with Gasteiger partial charge in [-0.15, -0.1) is 0 Å². The number of carbonyl (C=O) groups is 1. The first kappa shape index (κ1) is 24.5. The lowest BCUT2D eigenvalue weighted by Gasteiger charge is -2.12. The minimum Gasteiger partial charge on any atom is -0.493 e. The Labute approximate surface area is 202 Å². The quantitative estimate of drug-likeness (QED) is 0.391. The number of hydrogen-bond acceptors (Lipinski definition) is 6. The molecule has 1 amide bonds. The first-order valence-corrected chi connectivity index (χ1v) is 10.5. The lowest BCUT2D eigenvalue weighted by Crippen LogP contribution is -2.20. The van der Waals surface area contributed by atoms with Crippen molar-refractivity contribution in [3.05, 3.63) is 88.2 Å². The van der Waals surface area contributed by atoms with E-state index in [4.69, 9.17) is 15.2 Å². The topological polar surface area (TPSA) is 109 Å². The fraction of sp³-hybridized carbons (Fsp3) is 0.120. The number of rotatable bonds is 7. The van der Waals surface area contributed by atoms with Crippen molar-refractivity contribution in [2.45, 2.75) is 6.18 Å². The molecular weight excluding hydrogens is 477 g/mol. The van der Waals surface area contributed by atoms with Crippen LogP contribution in [0.5, 0.6) is 11.5 Å². The van der Waals surface area contributed by atoms with Gasteiger partial charge in [-0.25, -0.2) is 4.98 Å². The third kappa shape index (κ3) is 5.19. The van der Waals surface area contributed by atoms with Gasteiger partial charge in [-0.05, 0) is 48.0 Å². The van der Waals surface area contributed by atoms with E-state index in [0.29, 0.717) is 11.1 Å². The van der Waals surface area contributed by atoms with Crippen molar-refractivity contribution in [2.75, 3.05) is 13.7 Å². The molecule has 0 aliphatic carbocycles. The number of nitrogens with zero attached hydrogens (tertiary/aromatic N) is 3. The van der Waals surface area contributed by atoms with E-state index in [2.05, 4.69) is 10.1 Å². The Morgan fingerprint density at radius 2 is 1.86 bits per heavy atom. The molecule has 0 atom stereocenters. The van der Waals surface area contributed by atoms with Gasteiger partial charge in [-0.3, -0.25) is 9.59 Å². The summed E-state index contributed by atoms with van der Waals surface area (Å²) in [5.74, 6) is -0.174. The van der Waals surface area contributed by atoms with Crippen LogP contribution < -0.4 is 20.8 Å². The molecule has 0 unspecified atom stereocenters. The fourth-order valence-electron chi connectivity index (χ4n) is 3.41. The van der Waals surface area contributed by atoms with Crippen LogP contribution in [0, 0.1) is 0 Å². The number of fused-ring (bicyclic) bond motifs is 1. The summed E-state index contributed by atoms with van der Waals surface area (Å²) in [6.45, 7) is -0.345. The lowest BCUT2D eigenvalue weighted by molar-refractivity contribution is -0.137. The summed E-state index contributed by atoms with van der Waals surface area (Å²) in [4.78, 5) is 28.7. The Kier molecular flexibility index (Phi) is 6.73. The zero-order valence-electron chi connectivity index (χ0n) is 18.8. The summed E-state index contributed by atoms with van der Waals surface area (Å²) in [6.07, 6.45) is -3.24. The predicted molar refractivity (Wildman–Crippen MR) is 127 cm³/mol. The van der Waals surface area contributed by atoms with Crippen LogP contribution in [0.3, 0.4) is 0 Å². The molecule has 1 heterocycles. The zero-order chi connectivity index (χ0) is 25.9. The number of primary amides is 1. The third-order valence-electron chi connectivity index (χ3n) is 5.08. The summed E-state index contributed by atoms with van der Waals surface area (Å²) >= 11 is 0. The van der Waals surface area contributed by atoms with Crippen molar-refractivity contribution in [2.24, 2.45) is 10.8 Å². The van der Waals surface area contributed by atoms with Crippen molar-refractivity contribution in [1.82, 2.24) is 9.66 Å². The van der Waals surface area contributed by atoms with E-state index in [1.165, 1.54) is 31.5 Å². The maximum atomic E-state index is 13.3. The van der Waals surface area contributed by atoms with Gasteiger partial charge >= 0.3 is 6.18 Å². The molecule has 0 aliphatic heterocycles. The number of carbonyl (C=O) groups excluding carboxylic acids is 1. The molecule has 0 aliphatic rings. The Hall–Kier alpha value is -4.67.